The summed E-state index contributed by atoms with van der Waals surface area (Å²) in [5.41, 5.74) is 2.27. The third-order valence-corrected chi connectivity index (χ3v) is 5.75. The van der Waals surface area contributed by atoms with Gasteiger partial charge in [-0.05, 0) is 36.4 Å². The largest absolute Gasteiger partial charge is 0.378 e. The quantitative estimate of drug-likeness (QED) is 0.495. The molecule has 2 heterocycles. The summed E-state index contributed by atoms with van der Waals surface area (Å²) in [4.78, 5) is 4.13. The molecule has 0 fully saturated rings. The Morgan fingerprint density at radius 3 is 2.48 bits per heavy atom. The van der Waals surface area contributed by atoms with Crippen molar-refractivity contribution >= 4 is 33.7 Å². The molecule has 0 aliphatic heterocycles. The summed E-state index contributed by atoms with van der Waals surface area (Å²) in [6, 6.07) is 18.7. The van der Waals surface area contributed by atoms with Gasteiger partial charge in [-0.15, -0.1) is 22.0 Å². The highest BCUT2D eigenvalue weighted by Gasteiger charge is 2.13. The fourth-order valence-corrected chi connectivity index (χ4v) is 4.12. The highest BCUT2D eigenvalue weighted by Crippen LogP contribution is 2.28. The van der Waals surface area contributed by atoms with Crippen LogP contribution in [0.5, 0.6) is 0 Å². The minimum absolute atomic E-state index is 0.744. The van der Waals surface area contributed by atoms with Crippen LogP contribution in [0.2, 0.25) is 0 Å². The van der Waals surface area contributed by atoms with Gasteiger partial charge >= 0.3 is 0 Å². The summed E-state index contributed by atoms with van der Waals surface area (Å²) >= 11 is 3.30. The van der Waals surface area contributed by atoms with Crippen LogP contribution in [-0.4, -0.2) is 33.9 Å². The number of benzene rings is 2. The molecule has 0 saturated carbocycles. The maximum atomic E-state index is 4.71. The van der Waals surface area contributed by atoms with Crippen molar-refractivity contribution < 1.29 is 0 Å². The average molecular weight is 368 g/mol. The Kier molecular flexibility index (Phi) is 4.42. The maximum Gasteiger partial charge on any atom is 0.235 e. The molecule has 5 nitrogen and oxygen atoms in total. The van der Waals surface area contributed by atoms with Crippen LogP contribution in [0.1, 0.15) is 5.82 Å². The van der Waals surface area contributed by atoms with E-state index in [4.69, 9.17) is 5.10 Å². The lowest BCUT2D eigenvalue weighted by atomic mass is 10.2. The van der Waals surface area contributed by atoms with E-state index < -0.39 is 0 Å². The Hall–Kier alpha value is -2.38. The minimum Gasteiger partial charge on any atom is -0.378 e. The maximum absolute atomic E-state index is 4.71. The predicted octanol–water partition coefficient (Wildman–Crippen LogP) is 4.21. The molecule has 0 saturated heterocycles. The molecule has 0 unspecified atom stereocenters. The summed E-state index contributed by atoms with van der Waals surface area (Å²) in [7, 11) is 4.07. The number of thioether (sulfide) groups is 1. The van der Waals surface area contributed by atoms with Crippen LogP contribution in [0.4, 0.5) is 5.69 Å². The van der Waals surface area contributed by atoms with Gasteiger partial charge in [0.15, 0.2) is 5.82 Å². The number of hydrogen-bond acceptors (Lipinski definition) is 6. The Morgan fingerprint density at radius 2 is 1.76 bits per heavy atom. The Balaban J connectivity index is 1.57. The van der Waals surface area contributed by atoms with Crippen LogP contribution in [-0.2, 0) is 5.75 Å². The molecular formula is C18H17N5S2. The van der Waals surface area contributed by atoms with E-state index >= 15 is 0 Å². The van der Waals surface area contributed by atoms with E-state index in [1.807, 2.05) is 36.8 Å². The second-order valence-corrected chi connectivity index (χ2v) is 7.77. The van der Waals surface area contributed by atoms with E-state index in [1.54, 1.807) is 23.1 Å². The first-order valence-electron chi connectivity index (χ1n) is 7.87. The van der Waals surface area contributed by atoms with Crippen molar-refractivity contribution in [3.05, 3.63) is 60.4 Å². The van der Waals surface area contributed by atoms with Gasteiger partial charge in [0.25, 0.3) is 0 Å². The number of hydrogen-bond donors (Lipinski definition) is 0. The van der Waals surface area contributed by atoms with Crippen LogP contribution in [0, 0.1) is 0 Å². The van der Waals surface area contributed by atoms with Crippen molar-refractivity contribution in [3.63, 3.8) is 0 Å². The minimum atomic E-state index is 0.744. The molecule has 0 radical (unpaired) electrons. The SMILES string of the molecule is CN(C)c1ccc(-c2nn3c(CSc4ccccc4)nnc3s2)cc1. The van der Waals surface area contributed by atoms with E-state index in [9.17, 15) is 0 Å². The molecule has 126 valence electrons. The second-order valence-electron chi connectivity index (χ2n) is 5.76. The first-order valence-corrected chi connectivity index (χ1v) is 9.67. The lowest BCUT2D eigenvalue weighted by Gasteiger charge is -2.11. The zero-order valence-electron chi connectivity index (χ0n) is 14.0. The van der Waals surface area contributed by atoms with E-state index in [2.05, 4.69) is 51.5 Å². The van der Waals surface area contributed by atoms with Gasteiger partial charge in [-0.3, -0.25) is 0 Å². The molecule has 4 aromatic rings. The van der Waals surface area contributed by atoms with Crippen molar-refractivity contribution in [1.29, 1.82) is 0 Å². The van der Waals surface area contributed by atoms with E-state index in [1.165, 1.54) is 10.6 Å². The third kappa shape index (κ3) is 3.38. The standard InChI is InChI=1S/C18H17N5S2/c1-22(2)14-10-8-13(9-11-14)17-21-23-16(19-20-18(23)25-17)12-24-15-6-4-3-5-7-15/h3-11H,12H2,1-2H3. The Labute approximate surface area is 154 Å². The van der Waals surface area contributed by atoms with Crippen molar-refractivity contribution in [2.75, 3.05) is 19.0 Å². The van der Waals surface area contributed by atoms with Crippen LogP contribution in [0.15, 0.2) is 59.5 Å². The highest BCUT2D eigenvalue weighted by molar-refractivity contribution is 7.98. The molecule has 0 atom stereocenters. The highest BCUT2D eigenvalue weighted by atomic mass is 32.2. The fourth-order valence-electron chi connectivity index (χ4n) is 2.43. The van der Waals surface area contributed by atoms with Gasteiger partial charge in [-0.2, -0.15) is 9.61 Å². The molecule has 7 heteroatoms. The smallest absolute Gasteiger partial charge is 0.235 e. The van der Waals surface area contributed by atoms with Crippen LogP contribution < -0.4 is 4.90 Å². The van der Waals surface area contributed by atoms with Gasteiger partial charge in [0.2, 0.25) is 4.96 Å². The zero-order chi connectivity index (χ0) is 17.2. The third-order valence-electron chi connectivity index (χ3n) is 3.80. The number of fused-ring (bicyclic) bond motifs is 1. The van der Waals surface area contributed by atoms with Crippen molar-refractivity contribution in [2.45, 2.75) is 10.6 Å². The number of nitrogens with zero attached hydrogens (tertiary/aromatic N) is 5. The van der Waals surface area contributed by atoms with Gasteiger partial charge in [0.1, 0.15) is 5.01 Å². The molecule has 0 N–H and O–H groups in total. The van der Waals surface area contributed by atoms with Crippen molar-refractivity contribution in [1.82, 2.24) is 19.8 Å². The van der Waals surface area contributed by atoms with Crippen molar-refractivity contribution in [3.8, 4) is 10.6 Å². The summed E-state index contributed by atoms with van der Waals surface area (Å²) < 4.78 is 1.86. The van der Waals surface area contributed by atoms with Crippen LogP contribution >= 0.6 is 23.1 Å². The second kappa shape index (κ2) is 6.85. The van der Waals surface area contributed by atoms with Crippen LogP contribution in [0.3, 0.4) is 0 Å². The molecule has 4 rings (SSSR count). The summed E-state index contributed by atoms with van der Waals surface area (Å²) in [6.07, 6.45) is 0. The van der Waals surface area contributed by atoms with Gasteiger partial charge in [0.05, 0.1) is 5.75 Å². The van der Waals surface area contributed by atoms with Gasteiger partial charge in [-0.1, -0.05) is 29.5 Å². The number of rotatable bonds is 5. The summed E-state index contributed by atoms with van der Waals surface area (Å²) in [5.74, 6) is 1.62. The molecule has 0 bridgehead atoms. The van der Waals surface area contributed by atoms with Gasteiger partial charge in [0, 0.05) is 30.2 Å². The van der Waals surface area contributed by atoms with Crippen LogP contribution in [0.25, 0.3) is 15.5 Å². The molecule has 25 heavy (non-hydrogen) atoms. The summed E-state index contributed by atoms with van der Waals surface area (Å²) in [5, 5.41) is 14.2. The van der Waals surface area contributed by atoms with E-state index in [0.29, 0.717) is 0 Å². The predicted molar refractivity (Wildman–Crippen MR) is 104 cm³/mol. The monoisotopic (exact) mass is 367 g/mol. The first-order chi connectivity index (χ1) is 12.2. The fraction of sp³-hybridized carbons (Fsp3) is 0.167. The van der Waals surface area contributed by atoms with E-state index in [0.717, 1.165) is 27.1 Å². The normalized spacial score (nSPS) is 11.1. The van der Waals surface area contributed by atoms with Gasteiger partial charge in [-0.25, -0.2) is 0 Å². The lowest BCUT2D eigenvalue weighted by Crippen LogP contribution is -2.07. The molecule has 0 aliphatic carbocycles. The molecule has 2 aromatic heterocycles. The zero-order valence-corrected chi connectivity index (χ0v) is 15.6. The molecule has 0 aliphatic rings. The lowest BCUT2D eigenvalue weighted by molar-refractivity contribution is 0.887. The molecule has 0 spiro atoms. The Morgan fingerprint density at radius 1 is 1.00 bits per heavy atom. The van der Waals surface area contributed by atoms with E-state index in [-0.39, 0.29) is 0 Å². The van der Waals surface area contributed by atoms with Gasteiger partial charge < -0.3 is 4.90 Å². The van der Waals surface area contributed by atoms with Crippen molar-refractivity contribution in [2.24, 2.45) is 0 Å². The Bertz CT molecular complexity index is 974. The first kappa shape index (κ1) is 16.1. The molecule has 2 aromatic carbocycles. The topological polar surface area (TPSA) is 46.3 Å². The molecule has 0 amide bonds. The number of anilines is 1. The average Bonchev–Trinajstić information content (AvgIpc) is 3.22. The number of aromatic nitrogens is 4. The molecular weight excluding hydrogens is 350 g/mol. The summed E-state index contributed by atoms with van der Waals surface area (Å²) in [6.45, 7) is 0.